The molecule has 0 aromatic carbocycles. The van der Waals surface area contributed by atoms with Crippen molar-refractivity contribution in [3.8, 4) is 0 Å². The minimum absolute atomic E-state index is 0. The van der Waals surface area contributed by atoms with Crippen molar-refractivity contribution in [1.82, 2.24) is 15.1 Å². The van der Waals surface area contributed by atoms with Gasteiger partial charge in [-0.1, -0.05) is 0 Å². The fourth-order valence-electron chi connectivity index (χ4n) is 1.15. The minimum atomic E-state index is 0. The van der Waals surface area contributed by atoms with Gasteiger partial charge in [-0.2, -0.15) is 5.10 Å². The van der Waals surface area contributed by atoms with Crippen LogP contribution in [0.25, 0.3) is 0 Å². The molecule has 0 saturated carbocycles. The van der Waals surface area contributed by atoms with E-state index in [-0.39, 0.29) is 19.0 Å². The molecule has 0 aliphatic carbocycles. The number of aliphatic hydroxyl groups excluding tert-OH is 1. The van der Waals surface area contributed by atoms with Crippen LogP contribution < -0.4 is 5.32 Å². The molecule has 4 nitrogen and oxygen atoms in total. The lowest BCUT2D eigenvalue weighted by Crippen LogP contribution is -2.17. The molecule has 2 N–H and O–H groups in total. The van der Waals surface area contributed by atoms with E-state index in [0.717, 1.165) is 25.9 Å². The highest BCUT2D eigenvalue weighted by molar-refractivity contribution is 5.85. The summed E-state index contributed by atoms with van der Waals surface area (Å²) in [6.07, 6.45) is 3.69. The molecule has 0 aliphatic rings. The minimum Gasteiger partial charge on any atom is -0.396 e. The zero-order chi connectivity index (χ0) is 9.52. The predicted molar refractivity (Wildman–Crippen MR) is 58.5 cm³/mol. The molecule has 0 fully saturated rings. The van der Waals surface area contributed by atoms with E-state index in [0.29, 0.717) is 0 Å². The lowest BCUT2D eigenvalue weighted by atomic mass is 10.3. The first-order valence-electron chi connectivity index (χ1n) is 4.63. The van der Waals surface area contributed by atoms with Gasteiger partial charge < -0.3 is 10.4 Å². The summed E-state index contributed by atoms with van der Waals surface area (Å²) < 4.78 is 1.86. The van der Waals surface area contributed by atoms with Gasteiger partial charge in [0.15, 0.2) is 0 Å². The molecule has 5 heteroatoms. The van der Waals surface area contributed by atoms with Crippen molar-refractivity contribution < 1.29 is 5.11 Å². The topological polar surface area (TPSA) is 50.1 Å². The van der Waals surface area contributed by atoms with Crippen LogP contribution in [0.4, 0.5) is 0 Å². The van der Waals surface area contributed by atoms with Gasteiger partial charge in [0.2, 0.25) is 0 Å². The molecule has 82 valence electrons. The summed E-state index contributed by atoms with van der Waals surface area (Å²) >= 11 is 0. The normalized spacial score (nSPS) is 9.86. The highest BCUT2D eigenvalue weighted by atomic mass is 35.5. The van der Waals surface area contributed by atoms with Crippen LogP contribution in [0.5, 0.6) is 0 Å². The maximum absolute atomic E-state index is 8.55. The number of nitrogens with one attached hydrogen (secondary N) is 1. The first-order valence-corrected chi connectivity index (χ1v) is 4.63. The molecule has 1 aromatic heterocycles. The van der Waals surface area contributed by atoms with Gasteiger partial charge in [0.05, 0.1) is 5.69 Å². The number of rotatable bonds is 6. The van der Waals surface area contributed by atoms with Gasteiger partial charge in [-0.3, -0.25) is 4.68 Å². The number of hydrogen-bond acceptors (Lipinski definition) is 3. The molecule has 0 atom stereocenters. The third-order valence-electron chi connectivity index (χ3n) is 1.99. The van der Waals surface area contributed by atoms with Gasteiger partial charge in [0.25, 0.3) is 0 Å². The van der Waals surface area contributed by atoms with Gasteiger partial charge in [0.1, 0.15) is 0 Å². The van der Waals surface area contributed by atoms with Crippen LogP contribution in [-0.4, -0.2) is 28.0 Å². The number of aromatic nitrogens is 2. The Balaban J connectivity index is 0.00000169. The number of nitrogens with zero attached hydrogens (tertiary/aromatic N) is 2. The lowest BCUT2D eigenvalue weighted by molar-refractivity contribution is 0.283. The van der Waals surface area contributed by atoms with Crippen molar-refractivity contribution in [3.05, 3.63) is 18.0 Å². The van der Waals surface area contributed by atoms with E-state index in [2.05, 4.69) is 10.4 Å². The average molecular weight is 220 g/mol. The maximum Gasteiger partial charge on any atom is 0.0518 e. The molecule has 1 heterocycles. The summed E-state index contributed by atoms with van der Waals surface area (Å²) in [5.41, 5.74) is 1.18. The van der Waals surface area contributed by atoms with Gasteiger partial charge in [-0.25, -0.2) is 0 Å². The monoisotopic (exact) mass is 219 g/mol. The van der Waals surface area contributed by atoms with Gasteiger partial charge in [-0.15, -0.1) is 12.4 Å². The third kappa shape index (κ3) is 4.60. The largest absolute Gasteiger partial charge is 0.396 e. The third-order valence-corrected chi connectivity index (χ3v) is 1.99. The summed E-state index contributed by atoms with van der Waals surface area (Å²) in [6, 6.07) is 2.00. The van der Waals surface area contributed by atoms with E-state index >= 15 is 0 Å². The second-order valence-corrected chi connectivity index (χ2v) is 3.05. The molecule has 0 unspecified atom stereocenters. The number of unbranched alkanes of at least 4 members (excludes halogenated alkanes) is 1. The van der Waals surface area contributed by atoms with Gasteiger partial charge >= 0.3 is 0 Å². The van der Waals surface area contributed by atoms with E-state index in [1.54, 1.807) is 6.20 Å². The molecule has 1 rings (SSSR count). The predicted octanol–water partition coefficient (Wildman–Crippen LogP) is 0.704. The van der Waals surface area contributed by atoms with Crippen molar-refractivity contribution in [2.45, 2.75) is 19.4 Å². The Morgan fingerprint density at radius 2 is 2.29 bits per heavy atom. The smallest absolute Gasteiger partial charge is 0.0518 e. The van der Waals surface area contributed by atoms with Crippen LogP contribution in [0, 0.1) is 0 Å². The Morgan fingerprint density at radius 1 is 1.50 bits per heavy atom. The van der Waals surface area contributed by atoms with Crippen molar-refractivity contribution in [3.63, 3.8) is 0 Å². The van der Waals surface area contributed by atoms with E-state index < -0.39 is 0 Å². The van der Waals surface area contributed by atoms with Crippen molar-refractivity contribution in [2.24, 2.45) is 7.05 Å². The quantitative estimate of drug-likeness (QED) is 0.693. The van der Waals surface area contributed by atoms with E-state index in [1.165, 1.54) is 5.69 Å². The molecule has 14 heavy (non-hydrogen) atoms. The molecule has 0 bridgehead atoms. The molecule has 0 spiro atoms. The van der Waals surface area contributed by atoms with Crippen LogP contribution in [0.3, 0.4) is 0 Å². The standard InChI is InChI=1S/C9H17N3O.ClH/c1-12-9(4-6-11-12)8-10-5-2-3-7-13;/h4,6,10,13H,2-3,5,7-8H2,1H3;1H. The lowest BCUT2D eigenvalue weighted by Gasteiger charge is -2.03. The molecule has 0 saturated heterocycles. The molecular weight excluding hydrogens is 202 g/mol. The molecule has 0 aliphatic heterocycles. The summed E-state index contributed by atoms with van der Waals surface area (Å²) in [6.45, 7) is 2.08. The highest BCUT2D eigenvalue weighted by Gasteiger charge is 1.96. The summed E-state index contributed by atoms with van der Waals surface area (Å²) in [5.74, 6) is 0. The molecule has 0 radical (unpaired) electrons. The zero-order valence-corrected chi connectivity index (χ0v) is 9.26. The van der Waals surface area contributed by atoms with Gasteiger partial charge in [0, 0.05) is 26.4 Å². The number of hydrogen-bond donors (Lipinski definition) is 2. The second-order valence-electron chi connectivity index (χ2n) is 3.05. The van der Waals surface area contributed by atoms with Crippen molar-refractivity contribution in [1.29, 1.82) is 0 Å². The Hall–Kier alpha value is -0.580. The van der Waals surface area contributed by atoms with E-state index in [9.17, 15) is 0 Å². The summed E-state index contributed by atoms with van der Waals surface area (Å²) in [7, 11) is 1.94. The molecule has 0 amide bonds. The first-order chi connectivity index (χ1) is 6.34. The number of aryl methyl sites for hydroxylation is 1. The molecule has 1 aromatic rings. The molecular formula is C9H18ClN3O. The fraction of sp³-hybridized carbons (Fsp3) is 0.667. The Kier molecular flexibility index (Phi) is 7.47. The van der Waals surface area contributed by atoms with E-state index in [1.807, 2.05) is 17.8 Å². The average Bonchev–Trinajstić information content (AvgIpc) is 2.52. The van der Waals surface area contributed by atoms with Crippen LogP contribution in [-0.2, 0) is 13.6 Å². The van der Waals surface area contributed by atoms with Crippen molar-refractivity contribution in [2.75, 3.05) is 13.2 Å². The fourth-order valence-corrected chi connectivity index (χ4v) is 1.15. The van der Waals surface area contributed by atoms with Crippen LogP contribution >= 0.6 is 12.4 Å². The summed E-state index contributed by atoms with van der Waals surface area (Å²) in [5, 5.41) is 15.9. The van der Waals surface area contributed by atoms with Gasteiger partial charge in [-0.05, 0) is 25.5 Å². The first kappa shape index (κ1) is 13.4. The van der Waals surface area contributed by atoms with Crippen molar-refractivity contribution >= 4 is 12.4 Å². The van der Waals surface area contributed by atoms with Crippen LogP contribution in [0.2, 0.25) is 0 Å². The number of aliphatic hydroxyl groups is 1. The number of halogens is 1. The summed E-state index contributed by atoms with van der Waals surface area (Å²) in [4.78, 5) is 0. The van der Waals surface area contributed by atoms with E-state index in [4.69, 9.17) is 5.11 Å². The second kappa shape index (κ2) is 7.79. The maximum atomic E-state index is 8.55. The van der Waals surface area contributed by atoms with Crippen LogP contribution in [0.15, 0.2) is 12.3 Å². The Morgan fingerprint density at radius 3 is 2.86 bits per heavy atom. The zero-order valence-electron chi connectivity index (χ0n) is 8.44. The SMILES string of the molecule is Cl.Cn1nccc1CNCCCCO. The Bertz CT molecular complexity index is 240. The highest BCUT2D eigenvalue weighted by Crippen LogP contribution is 1.95. The van der Waals surface area contributed by atoms with Crippen LogP contribution in [0.1, 0.15) is 18.5 Å². The Labute approximate surface area is 90.7 Å².